The summed E-state index contributed by atoms with van der Waals surface area (Å²) in [7, 11) is 0. The number of aromatic nitrogens is 1. The number of rotatable bonds is 8. The third kappa shape index (κ3) is 3.96. The Morgan fingerprint density at radius 1 is 1.29 bits per heavy atom. The second-order valence-electron chi connectivity index (χ2n) is 6.44. The molecule has 114 valence electrons. The van der Waals surface area contributed by atoms with Crippen LogP contribution in [0.25, 0.3) is 0 Å². The number of nitrogens with zero attached hydrogens (tertiary/aromatic N) is 2. The van der Waals surface area contributed by atoms with E-state index in [1.165, 1.54) is 25.7 Å². The molecule has 4 nitrogen and oxygen atoms in total. The Bertz CT molecular complexity index is 481. The molecule has 1 aromatic rings. The van der Waals surface area contributed by atoms with Gasteiger partial charge in [-0.05, 0) is 50.0 Å². The molecule has 0 bridgehead atoms. The van der Waals surface area contributed by atoms with Gasteiger partial charge in [-0.1, -0.05) is 6.92 Å². The fraction of sp³-hybridized carbons (Fsp3) is 0.647. The van der Waals surface area contributed by atoms with Gasteiger partial charge in [-0.25, -0.2) is 0 Å². The fourth-order valence-electron chi connectivity index (χ4n) is 2.61. The van der Waals surface area contributed by atoms with Crippen LogP contribution in [0.1, 0.15) is 49.4 Å². The second-order valence-corrected chi connectivity index (χ2v) is 6.44. The highest BCUT2D eigenvalue weighted by Crippen LogP contribution is 2.34. The number of carbonyl (C=O) groups excluding carboxylic acids is 1. The minimum atomic E-state index is 0.153. The number of hydrogen-bond acceptors (Lipinski definition) is 3. The first kappa shape index (κ1) is 14.4. The number of carbonyl (C=O) groups is 1. The van der Waals surface area contributed by atoms with E-state index in [9.17, 15) is 4.79 Å². The van der Waals surface area contributed by atoms with E-state index in [0.29, 0.717) is 0 Å². The van der Waals surface area contributed by atoms with Crippen molar-refractivity contribution in [1.82, 2.24) is 9.88 Å². The summed E-state index contributed by atoms with van der Waals surface area (Å²) < 4.78 is 0. The molecule has 0 aromatic carbocycles. The number of amides is 1. The third-order valence-corrected chi connectivity index (χ3v) is 4.26. The topological polar surface area (TPSA) is 45.2 Å². The molecule has 2 aliphatic rings. The van der Waals surface area contributed by atoms with Crippen LogP contribution < -0.4 is 5.32 Å². The largest absolute Gasteiger partial charge is 0.384 e. The van der Waals surface area contributed by atoms with E-state index in [4.69, 9.17) is 0 Å². The maximum atomic E-state index is 12.9. The van der Waals surface area contributed by atoms with Crippen LogP contribution >= 0.6 is 0 Å². The Balaban J connectivity index is 1.73. The van der Waals surface area contributed by atoms with E-state index in [-0.39, 0.29) is 5.91 Å². The van der Waals surface area contributed by atoms with Crippen molar-refractivity contribution in [3.8, 4) is 0 Å². The lowest BCUT2D eigenvalue weighted by molar-refractivity contribution is 0.0740. The van der Waals surface area contributed by atoms with Crippen molar-refractivity contribution in [2.24, 2.45) is 11.8 Å². The number of hydrogen-bond donors (Lipinski definition) is 1. The van der Waals surface area contributed by atoms with E-state index in [0.717, 1.165) is 49.1 Å². The standard InChI is InChI=1S/C17H25N3O/c1-2-8-19-16-7-9-18-10-15(16)17(21)20(11-13-3-4-13)12-14-5-6-14/h7,9-10,13-14H,2-6,8,11-12H2,1H3,(H,18,19). The molecule has 0 saturated heterocycles. The zero-order valence-electron chi connectivity index (χ0n) is 12.8. The van der Waals surface area contributed by atoms with Gasteiger partial charge in [0, 0.05) is 32.0 Å². The van der Waals surface area contributed by atoms with Crippen molar-refractivity contribution in [1.29, 1.82) is 0 Å². The highest BCUT2D eigenvalue weighted by Gasteiger charge is 2.32. The maximum absolute atomic E-state index is 12.9. The lowest BCUT2D eigenvalue weighted by Gasteiger charge is -2.24. The van der Waals surface area contributed by atoms with Crippen LogP contribution in [-0.4, -0.2) is 35.4 Å². The summed E-state index contributed by atoms with van der Waals surface area (Å²) in [6, 6.07) is 1.91. The van der Waals surface area contributed by atoms with Gasteiger partial charge < -0.3 is 10.2 Å². The molecule has 1 aromatic heterocycles. The SMILES string of the molecule is CCCNc1ccncc1C(=O)N(CC1CC1)CC1CC1. The van der Waals surface area contributed by atoms with Crippen molar-refractivity contribution in [3.05, 3.63) is 24.0 Å². The molecule has 0 unspecified atom stereocenters. The van der Waals surface area contributed by atoms with E-state index < -0.39 is 0 Å². The Kier molecular flexibility index (Phi) is 4.42. The first-order chi connectivity index (χ1) is 10.3. The van der Waals surface area contributed by atoms with E-state index in [2.05, 4.69) is 22.1 Å². The van der Waals surface area contributed by atoms with Crippen molar-refractivity contribution < 1.29 is 4.79 Å². The van der Waals surface area contributed by atoms with E-state index in [1.54, 1.807) is 12.4 Å². The van der Waals surface area contributed by atoms with Crippen LogP contribution in [0, 0.1) is 11.8 Å². The van der Waals surface area contributed by atoms with Gasteiger partial charge in [0.25, 0.3) is 5.91 Å². The summed E-state index contributed by atoms with van der Waals surface area (Å²) in [5, 5.41) is 3.35. The predicted octanol–water partition coefficient (Wildman–Crippen LogP) is 3.17. The van der Waals surface area contributed by atoms with Crippen LogP contribution in [-0.2, 0) is 0 Å². The van der Waals surface area contributed by atoms with Crippen LogP contribution in [0.15, 0.2) is 18.5 Å². The quantitative estimate of drug-likeness (QED) is 0.799. The molecule has 21 heavy (non-hydrogen) atoms. The zero-order valence-corrected chi connectivity index (χ0v) is 12.8. The highest BCUT2D eigenvalue weighted by atomic mass is 16.2. The van der Waals surface area contributed by atoms with Crippen molar-refractivity contribution in [2.45, 2.75) is 39.0 Å². The molecule has 0 atom stereocenters. The minimum Gasteiger partial charge on any atom is -0.384 e. The van der Waals surface area contributed by atoms with Crippen LogP contribution in [0.5, 0.6) is 0 Å². The second kappa shape index (κ2) is 6.46. The minimum absolute atomic E-state index is 0.153. The van der Waals surface area contributed by atoms with Gasteiger partial charge in [-0.15, -0.1) is 0 Å². The molecule has 0 radical (unpaired) electrons. The molecule has 2 aliphatic carbocycles. The average Bonchev–Trinajstić information content (AvgIpc) is 3.39. The molecule has 2 saturated carbocycles. The smallest absolute Gasteiger partial charge is 0.257 e. The molecule has 0 aliphatic heterocycles. The molecule has 2 fully saturated rings. The van der Waals surface area contributed by atoms with Gasteiger partial charge in [0.1, 0.15) is 0 Å². The molecule has 1 N–H and O–H groups in total. The number of anilines is 1. The Morgan fingerprint density at radius 2 is 1.95 bits per heavy atom. The van der Waals surface area contributed by atoms with Crippen molar-refractivity contribution in [3.63, 3.8) is 0 Å². The monoisotopic (exact) mass is 287 g/mol. The van der Waals surface area contributed by atoms with Gasteiger partial charge in [-0.3, -0.25) is 9.78 Å². The summed E-state index contributed by atoms with van der Waals surface area (Å²) in [6.45, 7) is 4.87. The first-order valence-corrected chi connectivity index (χ1v) is 8.25. The van der Waals surface area contributed by atoms with Crippen LogP contribution in [0.3, 0.4) is 0 Å². The van der Waals surface area contributed by atoms with E-state index in [1.807, 2.05) is 6.07 Å². The first-order valence-electron chi connectivity index (χ1n) is 8.25. The summed E-state index contributed by atoms with van der Waals surface area (Å²) in [4.78, 5) is 19.1. The molecule has 1 heterocycles. The third-order valence-electron chi connectivity index (χ3n) is 4.26. The molecule has 3 rings (SSSR count). The van der Waals surface area contributed by atoms with Crippen LogP contribution in [0.2, 0.25) is 0 Å². The Labute approximate surface area is 126 Å². The lowest BCUT2D eigenvalue weighted by atomic mass is 10.1. The molecule has 1 amide bonds. The summed E-state index contributed by atoms with van der Waals surface area (Å²) in [5.41, 5.74) is 1.65. The molecular weight excluding hydrogens is 262 g/mol. The zero-order chi connectivity index (χ0) is 14.7. The fourth-order valence-corrected chi connectivity index (χ4v) is 2.61. The Morgan fingerprint density at radius 3 is 2.52 bits per heavy atom. The summed E-state index contributed by atoms with van der Waals surface area (Å²) in [6.07, 6.45) is 9.63. The molecule has 0 spiro atoms. The highest BCUT2D eigenvalue weighted by molar-refractivity contribution is 5.99. The summed E-state index contributed by atoms with van der Waals surface area (Å²) in [5.74, 6) is 1.62. The predicted molar refractivity (Wildman–Crippen MR) is 84.4 cm³/mol. The Hall–Kier alpha value is -1.58. The average molecular weight is 287 g/mol. The number of pyridine rings is 1. The summed E-state index contributed by atoms with van der Waals surface area (Å²) >= 11 is 0. The lowest BCUT2D eigenvalue weighted by Crippen LogP contribution is -2.35. The van der Waals surface area contributed by atoms with Gasteiger partial charge in [0.05, 0.1) is 11.3 Å². The van der Waals surface area contributed by atoms with E-state index >= 15 is 0 Å². The molecule has 4 heteroatoms. The maximum Gasteiger partial charge on any atom is 0.257 e. The van der Waals surface area contributed by atoms with Gasteiger partial charge in [0.15, 0.2) is 0 Å². The number of nitrogens with one attached hydrogen (secondary N) is 1. The molecular formula is C17H25N3O. The van der Waals surface area contributed by atoms with Crippen molar-refractivity contribution >= 4 is 11.6 Å². The van der Waals surface area contributed by atoms with Gasteiger partial charge in [-0.2, -0.15) is 0 Å². The van der Waals surface area contributed by atoms with Gasteiger partial charge in [0.2, 0.25) is 0 Å². The van der Waals surface area contributed by atoms with Crippen molar-refractivity contribution in [2.75, 3.05) is 25.0 Å². The van der Waals surface area contributed by atoms with Crippen LogP contribution in [0.4, 0.5) is 5.69 Å². The normalized spacial score (nSPS) is 17.6. The van der Waals surface area contributed by atoms with Gasteiger partial charge >= 0.3 is 0 Å².